The van der Waals surface area contributed by atoms with Gasteiger partial charge in [-0.15, -0.1) is 0 Å². The van der Waals surface area contributed by atoms with Crippen LogP contribution in [0.2, 0.25) is 0 Å². The summed E-state index contributed by atoms with van der Waals surface area (Å²) < 4.78 is 27.1. The summed E-state index contributed by atoms with van der Waals surface area (Å²) in [6, 6.07) is 0. The molecule has 0 aromatic heterocycles. The van der Waals surface area contributed by atoms with Gasteiger partial charge in [-0.3, -0.25) is 0 Å². The Hall–Kier alpha value is 0.160. The van der Waals surface area contributed by atoms with E-state index in [4.69, 9.17) is 15.4 Å². The second-order valence-electron chi connectivity index (χ2n) is 4.35. The van der Waals surface area contributed by atoms with Crippen molar-refractivity contribution >= 4 is 19.7 Å². The highest BCUT2D eigenvalue weighted by molar-refractivity contribution is 8.13. The van der Waals surface area contributed by atoms with Crippen molar-refractivity contribution in [1.82, 2.24) is 4.90 Å². The predicted molar refractivity (Wildman–Crippen MR) is 65.3 cm³/mol. The molecule has 0 aliphatic carbocycles. The van der Waals surface area contributed by atoms with Crippen molar-refractivity contribution in [2.45, 2.75) is 31.8 Å². The highest BCUT2D eigenvalue weighted by atomic mass is 35.7. The minimum Gasteiger partial charge on any atom is -0.377 e. The molecule has 1 unspecified atom stereocenters. The summed E-state index contributed by atoms with van der Waals surface area (Å²) in [6.07, 6.45) is 4.39. The van der Waals surface area contributed by atoms with Crippen LogP contribution >= 0.6 is 10.7 Å². The van der Waals surface area contributed by atoms with Crippen LogP contribution in [0, 0.1) is 0 Å². The first-order chi connectivity index (χ1) is 7.47. The molecule has 0 saturated carbocycles. The summed E-state index contributed by atoms with van der Waals surface area (Å²) in [7, 11) is 3.78. The Morgan fingerprint density at radius 3 is 2.75 bits per heavy atom. The summed E-state index contributed by atoms with van der Waals surface area (Å²) >= 11 is 0. The Balaban J connectivity index is 2.12. The van der Waals surface area contributed by atoms with Crippen LogP contribution in [0.1, 0.15) is 25.7 Å². The molecule has 4 nitrogen and oxygen atoms in total. The number of hydrogen-bond acceptors (Lipinski definition) is 4. The van der Waals surface area contributed by atoms with Crippen LogP contribution in [0.3, 0.4) is 0 Å². The highest BCUT2D eigenvalue weighted by Crippen LogP contribution is 2.13. The molecule has 0 spiro atoms. The van der Waals surface area contributed by atoms with E-state index >= 15 is 0 Å². The average Bonchev–Trinajstić information content (AvgIpc) is 2.17. The lowest BCUT2D eigenvalue weighted by Gasteiger charge is -2.27. The number of halogens is 1. The molecule has 0 radical (unpaired) electrons. The van der Waals surface area contributed by atoms with Crippen LogP contribution in [-0.4, -0.2) is 51.9 Å². The summed E-state index contributed by atoms with van der Waals surface area (Å²) in [5, 5.41) is 0. The zero-order chi connectivity index (χ0) is 12.0. The molecule has 1 atom stereocenters. The molecule has 96 valence electrons. The molecule has 1 saturated heterocycles. The molecule has 1 fully saturated rings. The number of rotatable bonds is 6. The van der Waals surface area contributed by atoms with Crippen LogP contribution in [0.15, 0.2) is 0 Å². The Labute approximate surface area is 102 Å². The van der Waals surface area contributed by atoms with Crippen molar-refractivity contribution in [3.8, 4) is 0 Å². The van der Waals surface area contributed by atoms with Crippen molar-refractivity contribution in [3.63, 3.8) is 0 Å². The zero-order valence-electron chi connectivity index (χ0n) is 9.69. The normalized spacial score (nSPS) is 22.6. The molecule has 16 heavy (non-hydrogen) atoms. The minimum absolute atomic E-state index is 0.0461. The van der Waals surface area contributed by atoms with E-state index in [1.54, 1.807) is 0 Å². The van der Waals surface area contributed by atoms with Crippen molar-refractivity contribution in [3.05, 3.63) is 0 Å². The van der Waals surface area contributed by atoms with E-state index in [-0.39, 0.29) is 5.75 Å². The van der Waals surface area contributed by atoms with Crippen molar-refractivity contribution in [2.75, 3.05) is 32.5 Å². The fraction of sp³-hybridized carbons (Fsp3) is 1.00. The zero-order valence-corrected chi connectivity index (χ0v) is 11.3. The van der Waals surface area contributed by atoms with E-state index in [2.05, 4.69) is 4.90 Å². The predicted octanol–water partition coefficient (Wildman–Crippen LogP) is 1.45. The Bertz CT molecular complexity index is 288. The van der Waals surface area contributed by atoms with Crippen molar-refractivity contribution in [1.29, 1.82) is 0 Å². The van der Waals surface area contributed by atoms with Crippen molar-refractivity contribution < 1.29 is 13.2 Å². The van der Waals surface area contributed by atoms with Gasteiger partial charge in [0.25, 0.3) is 0 Å². The van der Waals surface area contributed by atoms with Crippen LogP contribution in [0.4, 0.5) is 0 Å². The molecule has 1 aliphatic heterocycles. The topological polar surface area (TPSA) is 46.6 Å². The third-order valence-electron chi connectivity index (χ3n) is 2.72. The van der Waals surface area contributed by atoms with Gasteiger partial charge >= 0.3 is 0 Å². The molecular weight excluding hydrogens is 250 g/mol. The first kappa shape index (κ1) is 14.2. The Morgan fingerprint density at radius 1 is 1.44 bits per heavy atom. The fourth-order valence-electron chi connectivity index (χ4n) is 1.90. The lowest BCUT2D eigenvalue weighted by molar-refractivity contribution is -0.00134. The maximum atomic E-state index is 10.7. The van der Waals surface area contributed by atoms with E-state index in [9.17, 15) is 8.42 Å². The molecule has 0 N–H and O–H groups in total. The molecule has 1 aliphatic rings. The fourth-order valence-corrected chi connectivity index (χ4v) is 2.70. The van der Waals surface area contributed by atoms with Gasteiger partial charge in [0.05, 0.1) is 11.9 Å². The standard InChI is InChI=1S/C10H20ClNO3S/c1-12(6-4-8-16(11,13)14)9-10-5-2-3-7-15-10/h10H,2-9H2,1H3. The van der Waals surface area contributed by atoms with Crippen LogP contribution in [0.5, 0.6) is 0 Å². The van der Waals surface area contributed by atoms with Gasteiger partial charge in [-0.05, 0) is 39.3 Å². The van der Waals surface area contributed by atoms with Gasteiger partial charge < -0.3 is 9.64 Å². The molecule has 1 rings (SSSR count). The molecular formula is C10H20ClNO3S. The first-order valence-electron chi connectivity index (χ1n) is 5.70. The van der Waals surface area contributed by atoms with Gasteiger partial charge in [0, 0.05) is 23.8 Å². The summed E-state index contributed by atoms with van der Waals surface area (Å²) in [5.74, 6) is 0.0461. The second-order valence-corrected chi connectivity index (χ2v) is 7.24. The Kier molecular flexibility index (Phi) is 6.03. The SMILES string of the molecule is CN(CCCS(=O)(=O)Cl)CC1CCCCO1. The van der Waals surface area contributed by atoms with E-state index in [0.717, 1.165) is 32.5 Å². The van der Waals surface area contributed by atoms with Gasteiger partial charge in [0.15, 0.2) is 0 Å². The number of nitrogens with zero attached hydrogens (tertiary/aromatic N) is 1. The third kappa shape index (κ3) is 6.68. The average molecular weight is 270 g/mol. The Morgan fingerprint density at radius 2 is 2.19 bits per heavy atom. The summed E-state index contributed by atoms with van der Waals surface area (Å²) in [5.41, 5.74) is 0. The largest absolute Gasteiger partial charge is 0.377 e. The summed E-state index contributed by atoms with van der Waals surface area (Å²) in [6.45, 7) is 2.47. The van der Waals surface area contributed by atoms with Gasteiger partial charge in [0.1, 0.15) is 0 Å². The lowest BCUT2D eigenvalue weighted by Crippen LogP contribution is -2.34. The van der Waals surface area contributed by atoms with Gasteiger partial charge in [0.2, 0.25) is 9.05 Å². The summed E-state index contributed by atoms with van der Waals surface area (Å²) in [4.78, 5) is 2.11. The quantitative estimate of drug-likeness (QED) is 0.685. The van der Waals surface area contributed by atoms with E-state index in [0.29, 0.717) is 12.5 Å². The lowest BCUT2D eigenvalue weighted by atomic mass is 10.1. The first-order valence-corrected chi connectivity index (χ1v) is 8.18. The van der Waals surface area contributed by atoms with Crippen LogP contribution in [0.25, 0.3) is 0 Å². The van der Waals surface area contributed by atoms with Crippen molar-refractivity contribution in [2.24, 2.45) is 0 Å². The second kappa shape index (κ2) is 6.79. The van der Waals surface area contributed by atoms with Gasteiger partial charge in [-0.25, -0.2) is 8.42 Å². The van der Waals surface area contributed by atoms with E-state index < -0.39 is 9.05 Å². The smallest absolute Gasteiger partial charge is 0.232 e. The molecule has 0 aromatic rings. The maximum absolute atomic E-state index is 10.7. The van der Waals surface area contributed by atoms with Gasteiger partial charge in [-0.2, -0.15) is 0 Å². The number of likely N-dealkylation sites (N-methyl/N-ethyl adjacent to an activating group) is 1. The van der Waals surface area contributed by atoms with E-state index in [1.807, 2.05) is 7.05 Å². The number of hydrogen-bond donors (Lipinski definition) is 0. The van der Waals surface area contributed by atoms with Gasteiger partial charge in [-0.1, -0.05) is 0 Å². The molecule has 1 heterocycles. The third-order valence-corrected chi connectivity index (χ3v) is 3.96. The molecule has 0 aromatic carbocycles. The highest BCUT2D eigenvalue weighted by Gasteiger charge is 2.16. The maximum Gasteiger partial charge on any atom is 0.232 e. The van der Waals surface area contributed by atoms with Crippen LogP contribution in [-0.2, 0) is 13.8 Å². The minimum atomic E-state index is -3.34. The molecule has 0 amide bonds. The molecule has 0 bridgehead atoms. The number of ether oxygens (including phenoxy) is 1. The monoisotopic (exact) mass is 269 g/mol. The molecule has 6 heteroatoms. The van der Waals surface area contributed by atoms with Crippen LogP contribution < -0.4 is 0 Å². The van der Waals surface area contributed by atoms with E-state index in [1.165, 1.54) is 6.42 Å².